The number of esters is 3. The molecule has 41 heavy (non-hydrogen) atoms. The van der Waals surface area contributed by atoms with Crippen molar-refractivity contribution in [2.24, 2.45) is 0 Å². The molecule has 1 heterocycles. The molecule has 1 amide bonds. The SMILES string of the molecule is COC(=O)[C@@H](NC(=O)OCC1c2ccccc2-c2ccccc21)C(C)O[C@@H]1C=C[C@H](OC(C)=O)C(COC(C)=O)O1. The predicted molar refractivity (Wildman–Crippen MR) is 145 cm³/mol. The van der Waals surface area contributed by atoms with Gasteiger partial charge in [0.2, 0.25) is 0 Å². The van der Waals surface area contributed by atoms with Crippen molar-refractivity contribution < 1.29 is 47.6 Å². The number of carbonyl (C=O) groups excluding carboxylic acids is 4. The average Bonchev–Trinajstić information content (AvgIpc) is 3.27. The first kappa shape index (κ1) is 29.8. The Morgan fingerprint density at radius 1 is 0.878 bits per heavy atom. The van der Waals surface area contributed by atoms with Crippen molar-refractivity contribution in [2.75, 3.05) is 20.3 Å². The van der Waals surface area contributed by atoms with Crippen LogP contribution in [0.3, 0.4) is 0 Å². The molecule has 1 N–H and O–H groups in total. The molecular weight excluding hydrogens is 534 g/mol. The Morgan fingerprint density at radius 3 is 2.10 bits per heavy atom. The molecule has 11 nitrogen and oxygen atoms in total. The summed E-state index contributed by atoms with van der Waals surface area (Å²) in [4.78, 5) is 48.2. The highest BCUT2D eigenvalue weighted by Crippen LogP contribution is 2.44. The third-order valence-corrected chi connectivity index (χ3v) is 6.78. The zero-order valence-corrected chi connectivity index (χ0v) is 23.2. The Hall–Kier alpha value is -4.22. The van der Waals surface area contributed by atoms with E-state index in [0.717, 1.165) is 22.3 Å². The molecule has 0 saturated carbocycles. The number of carbonyl (C=O) groups is 4. The molecule has 11 heteroatoms. The number of hydrogen-bond donors (Lipinski definition) is 1. The first-order chi connectivity index (χ1) is 19.7. The normalized spacial score (nSPS) is 20.6. The third kappa shape index (κ3) is 7.30. The molecule has 0 spiro atoms. The minimum Gasteiger partial charge on any atom is -0.467 e. The van der Waals surface area contributed by atoms with E-state index in [1.54, 1.807) is 13.0 Å². The number of methoxy groups -OCH3 is 1. The molecule has 2 unspecified atom stereocenters. The number of alkyl carbamates (subject to hydrolysis) is 1. The maximum absolute atomic E-state index is 12.9. The Labute approximate surface area is 237 Å². The fourth-order valence-electron chi connectivity index (χ4n) is 4.89. The van der Waals surface area contributed by atoms with Crippen LogP contribution in [0.1, 0.15) is 37.8 Å². The molecule has 0 bridgehead atoms. The average molecular weight is 568 g/mol. The largest absolute Gasteiger partial charge is 0.467 e. The highest BCUT2D eigenvalue weighted by atomic mass is 16.7. The number of rotatable bonds is 10. The van der Waals surface area contributed by atoms with E-state index in [2.05, 4.69) is 5.32 Å². The monoisotopic (exact) mass is 567 g/mol. The van der Waals surface area contributed by atoms with E-state index < -0.39 is 54.6 Å². The van der Waals surface area contributed by atoms with Gasteiger partial charge in [0.15, 0.2) is 12.3 Å². The number of amides is 1. The first-order valence-corrected chi connectivity index (χ1v) is 13.2. The lowest BCUT2D eigenvalue weighted by atomic mass is 9.98. The van der Waals surface area contributed by atoms with Gasteiger partial charge in [-0.3, -0.25) is 9.59 Å². The number of ether oxygens (including phenoxy) is 6. The summed E-state index contributed by atoms with van der Waals surface area (Å²) >= 11 is 0. The van der Waals surface area contributed by atoms with Gasteiger partial charge in [-0.2, -0.15) is 0 Å². The quantitative estimate of drug-likeness (QED) is 0.259. The van der Waals surface area contributed by atoms with Crippen molar-refractivity contribution in [1.82, 2.24) is 5.32 Å². The van der Waals surface area contributed by atoms with Crippen LogP contribution in [0.5, 0.6) is 0 Å². The van der Waals surface area contributed by atoms with Crippen LogP contribution in [0.2, 0.25) is 0 Å². The molecule has 1 aliphatic heterocycles. The molecule has 0 fully saturated rings. The maximum atomic E-state index is 12.9. The fourth-order valence-corrected chi connectivity index (χ4v) is 4.89. The molecule has 0 radical (unpaired) electrons. The number of benzene rings is 2. The lowest BCUT2D eigenvalue weighted by Gasteiger charge is -2.33. The van der Waals surface area contributed by atoms with Gasteiger partial charge in [0.25, 0.3) is 0 Å². The van der Waals surface area contributed by atoms with Gasteiger partial charge < -0.3 is 33.7 Å². The van der Waals surface area contributed by atoms with Crippen LogP contribution >= 0.6 is 0 Å². The Balaban J connectivity index is 1.39. The number of hydrogen-bond acceptors (Lipinski definition) is 10. The molecule has 0 aromatic heterocycles. The summed E-state index contributed by atoms with van der Waals surface area (Å²) in [6, 6.07) is 14.7. The van der Waals surface area contributed by atoms with Gasteiger partial charge in [-0.15, -0.1) is 0 Å². The van der Waals surface area contributed by atoms with Crippen LogP contribution in [0, 0.1) is 0 Å². The van der Waals surface area contributed by atoms with Gasteiger partial charge in [0.05, 0.1) is 13.2 Å². The van der Waals surface area contributed by atoms with Crippen LogP contribution in [0.15, 0.2) is 60.7 Å². The van der Waals surface area contributed by atoms with Crippen LogP contribution in [0.4, 0.5) is 4.79 Å². The molecule has 4 rings (SSSR count). The van der Waals surface area contributed by atoms with Gasteiger partial charge >= 0.3 is 24.0 Å². The highest BCUT2D eigenvalue weighted by molar-refractivity contribution is 5.82. The smallest absolute Gasteiger partial charge is 0.407 e. The number of nitrogens with one attached hydrogen (secondary N) is 1. The van der Waals surface area contributed by atoms with Gasteiger partial charge in [-0.05, 0) is 41.3 Å². The molecule has 0 saturated heterocycles. The third-order valence-electron chi connectivity index (χ3n) is 6.78. The molecule has 218 valence electrons. The van der Waals surface area contributed by atoms with Crippen molar-refractivity contribution in [2.45, 2.75) is 57.3 Å². The molecule has 5 atom stereocenters. The van der Waals surface area contributed by atoms with Crippen molar-refractivity contribution in [3.8, 4) is 11.1 Å². The summed E-state index contributed by atoms with van der Waals surface area (Å²) in [5, 5.41) is 2.54. The fraction of sp³-hybridized carbons (Fsp3) is 0.400. The second-order valence-electron chi connectivity index (χ2n) is 9.62. The van der Waals surface area contributed by atoms with Gasteiger partial charge in [0.1, 0.15) is 25.4 Å². The minimum absolute atomic E-state index is 0.0623. The van der Waals surface area contributed by atoms with Crippen molar-refractivity contribution in [3.63, 3.8) is 0 Å². The Morgan fingerprint density at radius 2 is 1.51 bits per heavy atom. The summed E-state index contributed by atoms with van der Waals surface area (Å²) in [7, 11) is 1.19. The van der Waals surface area contributed by atoms with E-state index in [4.69, 9.17) is 28.4 Å². The summed E-state index contributed by atoms with van der Waals surface area (Å²) in [5.74, 6) is -1.98. The summed E-state index contributed by atoms with van der Waals surface area (Å²) < 4.78 is 32.4. The highest BCUT2D eigenvalue weighted by Gasteiger charge is 2.36. The molecule has 1 aliphatic carbocycles. The molecule has 2 aromatic rings. The van der Waals surface area contributed by atoms with Crippen molar-refractivity contribution in [1.29, 1.82) is 0 Å². The van der Waals surface area contributed by atoms with E-state index >= 15 is 0 Å². The van der Waals surface area contributed by atoms with Gasteiger partial charge in [-0.25, -0.2) is 9.59 Å². The molecule has 2 aliphatic rings. The van der Waals surface area contributed by atoms with E-state index in [0.29, 0.717) is 0 Å². The summed E-state index contributed by atoms with van der Waals surface area (Å²) in [6.45, 7) is 3.92. The molecular formula is C30H33NO10. The van der Waals surface area contributed by atoms with Crippen LogP contribution < -0.4 is 5.32 Å². The van der Waals surface area contributed by atoms with Crippen molar-refractivity contribution in [3.05, 3.63) is 71.8 Å². The van der Waals surface area contributed by atoms with Crippen molar-refractivity contribution >= 4 is 24.0 Å². The van der Waals surface area contributed by atoms with E-state index in [9.17, 15) is 19.2 Å². The standard InChI is InChI=1S/C30H33NO10/c1-17(39-27-14-13-25(40-19(3)33)26(41-27)16-37-18(2)32)28(29(34)36-4)31-30(35)38-15-24-22-11-7-5-9-20(22)21-10-6-8-12-23(21)24/h5-14,17,24-28H,15-16H2,1-4H3,(H,31,35)/t17?,25-,26?,27-,28-/m0/s1. The molecule has 2 aromatic carbocycles. The van der Waals surface area contributed by atoms with E-state index in [1.165, 1.54) is 27.0 Å². The lowest BCUT2D eigenvalue weighted by molar-refractivity contribution is -0.211. The van der Waals surface area contributed by atoms with E-state index in [-0.39, 0.29) is 19.1 Å². The second kappa shape index (κ2) is 13.4. The lowest BCUT2D eigenvalue weighted by Crippen LogP contribution is -2.51. The summed E-state index contributed by atoms with van der Waals surface area (Å²) in [6.07, 6.45) is -1.38. The van der Waals surface area contributed by atoms with Gasteiger partial charge in [0, 0.05) is 19.8 Å². The Bertz CT molecular complexity index is 1260. The van der Waals surface area contributed by atoms with Gasteiger partial charge in [-0.1, -0.05) is 48.5 Å². The topological polar surface area (TPSA) is 136 Å². The van der Waals surface area contributed by atoms with Crippen LogP contribution in [-0.2, 0) is 42.8 Å². The predicted octanol–water partition coefficient (Wildman–Crippen LogP) is 3.25. The minimum atomic E-state index is -1.23. The number of fused-ring (bicyclic) bond motifs is 3. The maximum Gasteiger partial charge on any atom is 0.407 e. The first-order valence-electron chi connectivity index (χ1n) is 13.2. The zero-order valence-electron chi connectivity index (χ0n) is 23.2. The van der Waals surface area contributed by atoms with E-state index in [1.807, 2.05) is 48.5 Å². The second-order valence-corrected chi connectivity index (χ2v) is 9.62. The summed E-state index contributed by atoms with van der Waals surface area (Å²) in [5.41, 5.74) is 4.30. The zero-order chi connectivity index (χ0) is 29.5. The van der Waals surface area contributed by atoms with Crippen LogP contribution in [-0.4, -0.2) is 75.0 Å². The van der Waals surface area contributed by atoms with Crippen LogP contribution in [0.25, 0.3) is 11.1 Å². The Kier molecular flexibility index (Phi) is 9.74.